The zero-order chi connectivity index (χ0) is 18.8. The second-order valence-corrected chi connectivity index (χ2v) is 8.34. The Labute approximate surface area is 166 Å². The fourth-order valence-electron chi connectivity index (χ4n) is 3.06. The van der Waals surface area contributed by atoms with Gasteiger partial charge in [-0.15, -0.1) is 23.1 Å². The molecule has 1 fully saturated rings. The molecule has 1 aliphatic heterocycles. The number of amides is 2. The molecule has 136 valence electrons. The zero-order valence-electron chi connectivity index (χ0n) is 14.7. The molecule has 2 aromatic carbocycles. The Kier molecular flexibility index (Phi) is 5.01. The van der Waals surface area contributed by atoms with Crippen LogP contribution in [-0.4, -0.2) is 17.6 Å². The molecule has 0 unspecified atom stereocenters. The van der Waals surface area contributed by atoms with Crippen LogP contribution in [0.5, 0.6) is 0 Å². The van der Waals surface area contributed by atoms with Crippen molar-refractivity contribution in [3.8, 4) is 0 Å². The van der Waals surface area contributed by atoms with E-state index in [1.807, 2.05) is 71.8 Å². The largest absolute Gasteiger partial charge is 0.321 e. The van der Waals surface area contributed by atoms with Gasteiger partial charge in [0.15, 0.2) is 0 Å². The van der Waals surface area contributed by atoms with Gasteiger partial charge in [0.05, 0.1) is 10.6 Å². The number of nitrogens with zero attached hydrogens (tertiary/aromatic N) is 1. The number of nitrogens with one attached hydrogen (secondary N) is 1. The minimum Gasteiger partial charge on any atom is -0.321 e. The van der Waals surface area contributed by atoms with Crippen molar-refractivity contribution in [2.24, 2.45) is 0 Å². The molecule has 27 heavy (non-hydrogen) atoms. The van der Waals surface area contributed by atoms with Crippen LogP contribution in [0.1, 0.15) is 26.2 Å². The van der Waals surface area contributed by atoms with E-state index in [-0.39, 0.29) is 17.2 Å². The number of hydrogen-bond donors (Lipinski definition) is 1. The highest BCUT2D eigenvalue weighted by atomic mass is 32.2. The smallest absolute Gasteiger partial charge is 0.265 e. The highest BCUT2D eigenvalue weighted by Crippen LogP contribution is 2.42. The molecule has 1 atom stereocenters. The third-order valence-electron chi connectivity index (χ3n) is 4.35. The molecule has 2 amide bonds. The number of thiophene rings is 1. The lowest BCUT2D eigenvalue weighted by Gasteiger charge is -2.25. The van der Waals surface area contributed by atoms with E-state index in [0.29, 0.717) is 10.6 Å². The molecule has 0 radical (unpaired) electrons. The summed E-state index contributed by atoms with van der Waals surface area (Å²) in [6.45, 7) is 2.03. The molecule has 4 nitrogen and oxygen atoms in total. The molecule has 2 heterocycles. The van der Waals surface area contributed by atoms with Gasteiger partial charge in [-0.3, -0.25) is 14.5 Å². The fraction of sp³-hybridized carbons (Fsp3) is 0.143. The molecule has 6 heteroatoms. The van der Waals surface area contributed by atoms with Gasteiger partial charge in [0.2, 0.25) is 5.91 Å². The summed E-state index contributed by atoms with van der Waals surface area (Å²) in [5.74, 6) is 0.477. The molecule has 4 rings (SSSR count). The maximum atomic E-state index is 12.5. The average Bonchev–Trinajstić information content (AvgIpc) is 3.32. The fourth-order valence-corrected chi connectivity index (χ4v) is 4.86. The predicted octanol–water partition coefficient (Wildman–Crippen LogP) is 5.09. The number of carbonyl (C=O) groups is 2. The lowest BCUT2D eigenvalue weighted by Crippen LogP contribution is -2.27. The van der Waals surface area contributed by atoms with E-state index >= 15 is 0 Å². The van der Waals surface area contributed by atoms with Crippen molar-refractivity contribution in [2.45, 2.75) is 12.3 Å². The van der Waals surface area contributed by atoms with Crippen LogP contribution in [0.2, 0.25) is 0 Å². The Hall–Kier alpha value is -2.57. The van der Waals surface area contributed by atoms with E-state index in [9.17, 15) is 9.59 Å². The van der Waals surface area contributed by atoms with Gasteiger partial charge in [0, 0.05) is 11.4 Å². The lowest BCUT2D eigenvalue weighted by molar-refractivity contribution is -0.115. The van der Waals surface area contributed by atoms with Crippen molar-refractivity contribution in [2.75, 3.05) is 16.0 Å². The number of aryl methyl sites for hydroxylation is 1. The van der Waals surface area contributed by atoms with Gasteiger partial charge in [0.25, 0.3) is 5.91 Å². The van der Waals surface area contributed by atoms with Gasteiger partial charge in [-0.05, 0) is 53.8 Å². The van der Waals surface area contributed by atoms with Crippen molar-refractivity contribution in [3.05, 3.63) is 82.0 Å². The summed E-state index contributed by atoms with van der Waals surface area (Å²) < 4.78 is 0. The third-order valence-corrected chi connectivity index (χ3v) is 6.43. The molecule has 0 bridgehead atoms. The van der Waals surface area contributed by atoms with Crippen LogP contribution in [0.15, 0.2) is 66.0 Å². The van der Waals surface area contributed by atoms with Gasteiger partial charge >= 0.3 is 0 Å². The van der Waals surface area contributed by atoms with Crippen molar-refractivity contribution in [3.63, 3.8) is 0 Å². The standard InChI is InChI=1S/C21H18N2O2S2/c1-14-4-2-5-17(12-14)23-19(24)13-27-21(23)15-7-9-16(10-8-15)22-20(25)18-6-3-11-26-18/h2-12,21H,13H2,1H3,(H,22,25)/t21-/m1/s1. The predicted molar refractivity (Wildman–Crippen MR) is 113 cm³/mol. The zero-order valence-corrected chi connectivity index (χ0v) is 16.3. The van der Waals surface area contributed by atoms with Crippen molar-refractivity contribution in [1.29, 1.82) is 0 Å². The van der Waals surface area contributed by atoms with Crippen molar-refractivity contribution < 1.29 is 9.59 Å². The van der Waals surface area contributed by atoms with Crippen LogP contribution >= 0.6 is 23.1 Å². The van der Waals surface area contributed by atoms with Gasteiger partial charge in [-0.25, -0.2) is 0 Å². The summed E-state index contributed by atoms with van der Waals surface area (Å²) in [6.07, 6.45) is 0. The third kappa shape index (κ3) is 3.77. The first-order chi connectivity index (χ1) is 13.1. The van der Waals surface area contributed by atoms with E-state index in [1.54, 1.807) is 17.8 Å². The second-order valence-electron chi connectivity index (χ2n) is 6.32. The van der Waals surface area contributed by atoms with Crippen LogP contribution in [0, 0.1) is 6.92 Å². The van der Waals surface area contributed by atoms with Crippen LogP contribution in [0.25, 0.3) is 0 Å². The molecular weight excluding hydrogens is 376 g/mol. The number of benzene rings is 2. The first-order valence-corrected chi connectivity index (χ1v) is 10.5. The summed E-state index contributed by atoms with van der Waals surface area (Å²) in [6, 6.07) is 19.4. The molecule has 0 spiro atoms. The monoisotopic (exact) mass is 394 g/mol. The van der Waals surface area contributed by atoms with Gasteiger partial charge in [0.1, 0.15) is 5.37 Å². The minimum absolute atomic E-state index is 0.0543. The van der Waals surface area contributed by atoms with E-state index in [2.05, 4.69) is 5.32 Å². The highest BCUT2D eigenvalue weighted by molar-refractivity contribution is 8.00. The number of carbonyl (C=O) groups excluding carboxylic acids is 2. The Morgan fingerprint density at radius 2 is 1.93 bits per heavy atom. The molecule has 1 aromatic heterocycles. The average molecular weight is 395 g/mol. The van der Waals surface area contributed by atoms with E-state index in [4.69, 9.17) is 0 Å². The van der Waals surface area contributed by atoms with Crippen LogP contribution in [0.4, 0.5) is 11.4 Å². The van der Waals surface area contributed by atoms with Crippen LogP contribution in [0.3, 0.4) is 0 Å². The van der Waals surface area contributed by atoms with Crippen LogP contribution < -0.4 is 10.2 Å². The maximum absolute atomic E-state index is 12.5. The molecule has 1 N–H and O–H groups in total. The maximum Gasteiger partial charge on any atom is 0.265 e. The highest BCUT2D eigenvalue weighted by Gasteiger charge is 2.34. The van der Waals surface area contributed by atoms with Crippen LogP contribution in [-0.2, 0) is 4.79 Å². The SMILES string of the molecule is Cc1cccc(N2C(=O)CS[C@@H]2c2ccc(NC(=O)c3cccs3)cc2)c1. The summed E-state index contributed by atoms with van der Waals surface area (Å²) >= 11 is 3.03. The van der Waals surface area contributed by atoms with Crippen molar-refractivity contribution >= 4 is 46.3 Å². The Morgan fingerprint density at radius 1 is 1.11 bits per heavy atom. The van der Waals surface area contributed by atoms with E-state index in [1.165, 1.54) is 11.3 Å². The van der Waals surface area contributed by atoms with Crippen molar-refractivity contribution in [1.82, 2.24) is 0 Å². The summed E-state index contributed by atoms with van der Waals surface area (Å²) in [5, 5.41) is 4.73. The molecular formula is C21H18N2O2S2. The lowest BCUT2D eigenvalue weighted by atomic mass is 10.1. The second kappa shape index (κ2) is 7.58. The number of hydrogen-bond acceptors (Lipinski definition) is 4. The topological polar surface area (TPSA) is 49.4 Å². The van der Waals surface area contributed by atoms with E-state index in [0.717, 1.165) is 22.5 Å². The number of anilines is 2. The molecule has 1 saturated heterocycles. The molecule has 3 aromatic rings. The van der Waals surface area contributed by atoms with Gasteiger partial charge in [-0.1, -0.05) is 30.3 Å². The summed E-state index contributed by atoms with van der Waals surface area (Å²) in [7, 11) is 0. The molecule has 0 saturated carbocycles. The summed E-state index contributed by atoms with van der Waals surface area (Å²) in [4.78, 5) is 27.2. The Morgan fingerprint density at radius 3 is 2.63 bits per heavy atom. The minimum atomic E-state index is -0.107. The number of rotatable bonds is 4. The number of thioether (sulfide) groups is 1. The summed E-state index contributed by atoms with van der Waals surface area (Å²) in [5.41, 5.74) is 3.84. The first-order valence-electron chi connectivity index (χ1n) is 8.57. The normalized spacial score (nSPS) is 16.6. The Balaban J connectivity index is 1.54. The first kappa shape index (κ1) is 17.8. The van der Waals surface area contributed by atoms with Gasteiger partial charge in [-0.2, -0.15) is 0 Å². The quantitative estimate of drug-likeness (QED) is 0.671. The molecule has 0 aliphatic carbocycles. The van der Waals surface area contributed by atoms with E-state index < -0.39 is 0 Å². The Bertz CT molecular complexity index is 968. The molecule has 1 aliphatic rings. The van der Waals surface area contributed by atoms with Gasteiger partial charge < -0.3 is 5.32 Å².